The van der Waals surface area contributed by atoms with E-state index in [0.29, 0.717) is 5.15 Å². The Morgan fingerprint density at radius 1 is 1.09 bits per heavy atom. The predicted molar refractivity (Wildman–Crippen MR) is 92.4 cm³/mol. The molecule has 2 aromatic carbocycles. The monoisotopic (exact) mass is 315 g/mol. The summed E-state index contributed by atoms with van der Waals surface area (Å²) in [5.41, 5.74) is 2.10. The lowest BCUT2D eigenvalue weighted by Crippen LogP contribution is -3.09. The van der Waals surface area contributed by atoms with Crippen molar-refractivity contribution >= 4 is 33.3 Å². The Balaban J connectivity index is 1.90. The molecular weight excluding hydrogens is 294 g/mol. The molecule has 3 aromatic rings. The van der Waals surface area contributed by atoms with Gasteiger partial charge in [0.25, 0.3) is 0 Å². The molecule has 0 saturated heterocycles. The first kappa shape index (κ1) is 15.2. The van der Waals surface area contributed by atoms with Gasteiger partial charge >= 0.3 is 0 Å². The number of nitrogens with zero attached hydrogens (tertiary/aromatic N) is 1. The van der Waals surface area contributed by atoms with E-state index in [0.717, 1.165) is 41.5 Å². The molecule has 0 aliphatic heterocycles. The maximum absolute atomic E-state index is 6.41. The summed E-state index contributed by atoms with van der Waals surface area (Å²) in [6, 6.07) is 14.8. The smallest absolute Gasteiger partial charge is 0.138 e. The van der Waals surface area contributed by atoms with E-state index in [-0.39, 0.29) is 0 Å². The minimum absolute atomic E-state index is 0.623. The van der Waals surface area contributed by atoms with Gasteiger partial charge in [0.05, 0.1) is 19.6 Å². The van der Waals surface area contributed by atoms with E-state index in [1.54, 1.807) is 0 Å². The fraction of sp³-hybridized carbons (Fsp3) is 0.278. The van der Waals surface area contributed by atoms with Crippen LogP contribution in [0, 0.1) is 0 Å². The van der Waals surface area contributed by atoms with Crippen LogP contribution in [0.15, 0.2) is 42.5 Å². The molecule has 3 N–H and O–H groups in total. The number of nitrogens with two attached hydrogens (primary N) is 1. The number of fused-ring (bicyclic) bond motifs is 3. The van der Waals surface area contributed by atoms with Gasteiger partial charge in [-0.05, 0) is 11.5 Å². The number of hydrogen-bond acceptors (Lipinski definition) is 1. The first-order valence-electron chi connectivity index (χ1n) is 7.73. The molecule has 3 rings (SSSR count). The van der Waals surface area contributed by atoms with Crippen molar-refractivity contribution in [3.05, 3.63) is 53.2 Å². The van der Waals surface area contributed by atoms with Crippen LogP contribution in [-0.4, -0.2) is 32.2 Å². The number of nitrogens with one attached hydrogen (secondary N) is 1. The average Bonchev–Trinajstić information content (AvgIpc) is 2.51. The molecule has 0 radical (unpaired) electrons. The Kier molecular flexibility index (Phi) is 4.57. The number of rotatable bonds is 5. The first-order chi connectivity index (χ1) is 10.6. The number of hydrogen-bond donors (Lipinski definition) is 2. The van der Waals surface area contributed by atoms with Gasteiger partial charge in [-0.15, -0.1) is 0 Å². The number of benzene rings is 2. The predicted octanol–water partition coefficient (Wildman–Crippen LogP) is 1.25. The maximum Gasteiger partial charge on any atom is 0.138 e. The standard InChI is InChI=1S/C18H20ClN3/c1-22(2)10-9-20-12-15-11-14-8-7-13-5-3-4-6-16(13)17(14)21-18(15)19/h3-8,11,20H,9-10,12H2,1-2H3/p+2. The Morgan fingerprint density at radius 2 is 1.86 bits per heavy atom. The molecule has 0 aliphatic rings. The zero-order valence-corrected chi connectivity index (χ0v) is 13.8. The number of pyridine rings is 1. The summed E-state index contributed by atoms with van der Waals surface area (Å²) < 4.78 is 0. The van der Waals surface area contributed by atoms with E-state index in [1.165, 1.54) is 10.3 Å². The van der Waals surface area contributed by atoms with Crippen LogP contribution in [0.1, 0.15) is 5.56 Å². The molecule has 0 spiro atoms. The van der Waals surface area contributed by atoms with Gasteiger partial charge in [0.15, 0.2) is 0 Å². The lowest BCUT2D eigenvalue weighted by Gasteiger charge is -2.09. The summed E-state index contributed by atoms with van der Waals surface area (Å²) >= 11 is 6.41. The number of likely N-dealkylation sites (N-methyl/N-ethyl adjacent to an activating group) is 1. The Labute approximate surface area is 135 Å². The van der Waals surface area contributed by atoms with Gasteiger partial charge in [0.1, 0.15) is 24.8 Å². The van der Waals surface area contributed by atoms with Crippen molar-refractivity contribution in [1.82, 2.24) is 4.98 Å². The fourth-order valence-electron chi connectivity index (χ4n) is 2.72. The van der Waals surface area contributed by atoms with Crippen molar-refractivity contribution in [2.45, 2.75) is 6.54 Å². The zero-order chi connectivity index (χ0) is 15.5. The van der Waals surface area contributed by atoms with E-state index < -0.39 is 0 Å². The van der Waals surface area contributed by atoms with Gasteiger partial charge in [-0.25, -0.2) is 4.98 Å². The summed E-state index contributed by atoms with van der Waals surface area (Å²) in [4.78, 5) is 6.12. The Hall–Kier alpha value is -1.68. The molecule has 0 fully saturated rings. The van der Waals surface area contributed by atoms with E-state index in [4.69, 9.17) is 11.6 Å². The van der Waals surface area contributed by atoms with Crippen LogP contribution < -0.4 is 10.2 Å². The second-order valence-corrected chi connectivity index (χ2v) is 6.39. The molecule has 1 aromatic heterocycles. The summed E-state index contributed by atoms with van der Waals surface area (Å²) in [6.45, 7) is 3.11. The van der Waals surface area contributed by atoms with Crippen LogP contribution >= 0.6 is 11.6 Å². The van der Waals surface area contributed by atoms with Crippen LogP contribution in [0.4, 0.5) is 0 Å². The first-order valence-corrected chi connectivity index (χ1v) is 8.10. The van der Waals surface area contributed by atoms with Crippen molar-refractivity contribution in [3.8, 4) is 0 Å². The molecule has 22 heavy (non-hydrogen) atoms. The quantitative estimate of drug-likeness (QED) is 0.415. The Morgan fingerprint density at radius 3 is 2.68 bits per heavy atom. The van der Waals surface area contributed by atoms with Crippen molar-refractivity contribution in [1.29, 1.82) is 0 Å². The molecule has 4 heteroatoms. The lowest BCUT2D eigenvalue weighted by atomic mass is 10.1. The topological polar surface area (TPSA) is 33.9 Å². The van der Waals surface area contributed by atoms with Gasteiger partial charge < -0.3 is 10.2 Å². The normalized spacial score (nSPS) is 11.6. The molecule has 0 saturated carbocycles. The highest BCUT2D eigenvalue weighted by molar-refractivity contribution is 6.30. The third kappa shape index (κ3) is 3.22. The van der Waals surface area contributed by atoms with E-state index in [9.17, 15) is 0 Å². The number of halogens is 1. The second-order valence-electron chi connectivity index (χ2n) is 6.04. The van der Waals surface area contributed by atoms with E-state index >= 15 is 0 Å². The largest absolute Gasteiger partial charge is 0.338 e. The minimum atomic E-state index is 0.623. The minimum Gasteiger partial charge on any atom is -0.338 e. The van der Waals surface area contributed by atoms with E-state index in [2.05, 4.69) is 54.7 Å². The molecule has 114 valence electrons. The average molecular weight is 316 g/mol. The van der Waals surface area contributed by atoms with Crippen molar-refractivity contribution in [2.75, 3.05) is 27.2 Å². The molecule has 0 bridgehead atoms. The molecule has 0 atom stereocenters. The van der Waals surface area contributed by atoms with Gasteiger partial charge in [-0.3, -0.25) is 0 Å². The van der Waals surface area contributed by atoms with Gasteiger partial charge in [0, 0.05) is 16.3 Å². The summed E-state index contributed by atoms with van der Waals surface area (Å²) in [5.74, 6) is 0. The second kappa shape index (κ2) is 6.61. The molecule has 0 unspecified atom stereocenters. The molecule has 0 aliphatic carbocycles. The zero-order valence-electron chi connectivity index (χ0n) is 13.1. The third-order valence-corrected chi connectivity index (χ3v) is 4.28. The highest BCUT2D eigenvalue weighted by Crippen LogP contribution is 2.27. The van der Waals surface area contributed by atoms with Crippen LogP contribution in [0.3, 0.4) is 0 Å². The van der Waals surface area contributed by atoms with Crippen LogP contribution in [0.5, 0.6) is 0 Å². The summed E-state index contributed by atoms with van der Waals surface area (Å²) in [6.07, 6.45) is 0. The van der Waals surface area contributed by atoms with Crippen molar-refractivity contribution < 1.29 is 10.2 Å². The summed E-state index contributed by atoms with van der Waals surface area (Å²) in [7, 11) is 4.34. The van der Waals surface area contributed by atoms with Gasteiger partial charge in [-0.1, -0.05) is 48.0 Å². The third-order valence-electron chi connectivity index (χ3n) is 3.95. The number of aromatic nitrogens is 1. The van der Waals surface area contributed by atoms with E-state index in [1.807, 2.05) is 12.1 Å². The molecule has 1 heterocycles. The summed E-state index contributed by atoms with van der Waals surface area (Å²) in [5, 5.41) is 6.44. The highest BCUT2D eigenvalue weighted by Gasteiger charge is 2.09. The SMILES string of the molecule is C[NH+](C)CC[NH2+]Cc1cc2ccc3ccccc3c2nc1Cl. The van der Waals surface area contributed by atoms with Gasteiger partial charge in [-0.2, -0.15) is 0 Å². The van der Waals surface area contributed by atoms with Crippen molar-refractivity contribution in [3.63, 3.8) is 0 Å². The Bertz CT molecular complexity index is 799. The lowest BCUT2D eigenvalue weighted by molar-refractivity contribution is -0.875. The van der Waals surface area contributed by atoms with Crippen LogP contribution in [0.2, 0.25) is 5.15 Å². The van der Waals surface area contributed by atoms with Crippen molar-refractivity contribution in [2.24, 2.45) is 0 Å². The van der Waals surface area contributed by atoms with Gasteiger partial charge in [0.2, 0.25) is 0 Å². The fourth-order valence-corrected chi connectivity index (χ4v) is 2.94. The maximum atomic E-state index is 6.41. The van der Waals surface area contributed by atoms with Crippen LogP contribution in [0.25, 0.3) is 21.7 Å². The van der Waals surface area contributed by atoms with Crippen LogP contribution in [-0.2, 0) is 6.54 Å². The molecule has 3 nitrogen and oxygen atoms in total. The number of quaternary nitrogens is 2. The highest BCUT2D eigenvalue weighted by atomic mass is 35.5. The molecule has 0 amide bonds. The molecular formula is C18H22ClN3+2.